The topological polar surface area (TPSA) is 66.2 Å². The van der Waals surface area contributed by atoms with E-state index in [1.165, 1.54) is 0 Å². The van der Waals surface area contributed by atoms with Crippen LogP contribution in [0.4, 0.5) is 0 Å². The van der Waals surface area contributed by atoms with Crippen LogP contribution in [0.25, 0.3) is 11.4 Å². The first-order chi connectivity index (χ1) is 7.33. The number of benzene rings is 1. The molecule has 0 amide bonds. The Bertz CT molecular complexity index is 457. The molecule has 0 spiro atoms. The zero-order chi connectivity index (χ0) is 10.7. The minimum absolute atomic E-state index is 0.0766. The van der Waals surface area contributed by atoms with Crippen LogP contribution >= 0.6 is 0 Å². The van der Waals surface area contributed by atoms with E-state index >= 15 is 0 Å². The maximum absolute atomic E-state index is 9.68. The molecule has 0 bridgehead atoms. The molecule has 1 heterocycles. The molecule has 2 aromatic rings. The molecule has 76 valence electrons. The number of phenols is 1. The smallest absolute Gasteiger partial charge is 0.163 e. The predicted octanol–water partition coefficient (Wildman–Crippen LogP) is 1.34. The van der Waals surface area contributed by atoms with Crippen molar-refractivity contribution in [3.8, 4) is 17.1 Å². The fourth-order valence-corrected chi connectivity index (χ4v) is 1.40. The zero-order valence-corrected chi connectivity index (χ0v) is 7.96. The van der Waals surface area contributed by atoms with Gasteiger partial charge in [0, 0.05) is 12.4 Å². The summed E-state index contributed by atoms with van der Waals surface area (Å²) >= 11 is 0. The Balaban J connectivity index is 2.61. The summed E-state index contributed by atoms with van der Waals surface area (Å²) in [6.45, 7) is -0.151. The molecule has 4 heteroatoms. The van der Waals surface area contributed by atoms with Crippen molar-refractivity contribution in [3.05, 3.63) is 42.2 Å². The highest BCUT2D eigenvalue weighted by atomic mass is 16.3. The van der Waals surface area contributed by atoms with E-state index < -0.39 is 0 Å². The van der Waals surface area contributed by atoms with Crippen LogP contribution in [0.1, 0.15) is 5.56 Å². The Morgan fingerprint density at radius 1 is 1.07 bits per heavy atom. The number of nitrogens with zero attached hydrogens (tertiary/aromatic N) is 2. The Morgan fingerprint density at radius 3 is 2.47 bits per heavy atom. The minimum Gasteiger partial charge on any atom is -0.507 e. The standard InChI is InChI=1S/C11H10N2O2/c14-7-8-3-1-4-9(15)10(8)11-12-5-2-6-13-11/h1-6,14-15H,7H2. The molecule has 4 nitrogen and oxygen atoms in total. The van der Waals surface area contributed by atoms with Gasteiger partial charge in [0.25, 0.3) is 0 Å². The van der Waals surface area contributed by atoms with Gasteiger partial charge in [0.1, 0.15) is 5.75 Å². The minimum atomic E-state index is -0.151. The van der Waals surface area contributed by atoms with E-state index in [0.717, 1.165) is 0 Å². The maximum Gasteiger partial charge on any atom is 0.163 e. The summed E-state index contributed by atoms with van der Waals surface area (Å²) in [5, 5.41) is 18.8. The van der Waals surface area contributed by atoms with Crippen molar-refractivity contribution in [3.63, 3.8) is 0 Å². The number of hydrogen-bond acceptors (Lipinski definition) is 4. The number of aliphatic hydroxyl groups excluding tert-OH is 1. The third kappa shape index (κ3) is 1.80. The fourth-order valence-electron chi connectivity index (χ4n) is 1.40. The molecule has 0 aliphatic heterocycles. The van der Waals surface area contributed by atoms with Crippen LogP contribution in [0.15, 0.2) is 36.7 Å². The van der Waals surface area contributed by atoms with Crippen molar-refractivity contribution in [2.75, 3.05) is 0 Å². The van der Waals surface area contributed by atoms with Gasteiger partial charge >= 0.3 is 0 Å². The van der Waals surface area contributed by atoms with Crippen LogP contribution in [0.2, 0.25) is 0 Å². The molecule has 0 saturated heterocycles. The second-order valence-corrected chi connectivity index (χ2v) is 3.04. The monoisotopic (exact) mass is 202 g/mol. The van der Waals surface area contributed by atoms with Gasteiger partial charge in [-0.05, 0) is 17.7 Å². The summed E-state index contributed by atoms with van der Waals surface area (Å²) in [6, 6.07) is 6.64. The van der Waals surface area contributed by atoms with Gasteiger partial charge in [-0.15, -0.1) is 0 Å². The van der Waals surface area contributed by atoms with Crippen LogP contribution in [0.3, 0.4) is 0 Å². The maximum atomic E-state index is 9.68. The van der Waals surface area contributed by atoms with Gasteiger partial charge in [0.05, 0.1) is 12.2 Å². The molecular weight excluding hydrogens is 192 g/mol. The summed E-state index contributed by atoms with van der Waals surface area (Å²) in [4.78, 5) is 8.07. The summed E-state index contributed by atoms with van der Waals surface area (Å²) in [6.07, 6.45) is 3.19. The second kappa shape index (κ2) is 4.06. The van der Waals surface area contributed by atoms with Crippen molar-refractivity contribution in [1.29, 1.82) is 0 Å². The lowest BCUT2D eigenvalue weighted by Gasteiger charge is -2.07. The third-order valence-electron chi connectivity index (χ3n) is 2.09. The molecule has 0 saturated carbocycles. The highest BCUT2D eigenvalue weighted by Crippen LogP contribution is 2.29. The van der Waals surface area contributed by atoms with E-state index in [1.807, 2.05) is 0 Å². The van der Waals surface area contributed by atoms with Crippen molar-refractivity contribution >= 4 is 0 Å². The average Bonchev–Trinajstić information content (AvgIpc) is 2.29. The van der Waals surface area contributed by atoms with Crippen molar-refractivity contribution < 1.29 is 10.2 Å². The summed E-state index contributed by atoms with van der Waals surface area (Å²) in [5.41, 5.74) is 1.10. The van der Waals surface area contributed by atoms with Crippen LogP contribution in [0.5, 0.6) is 5.75 Å². The van der Waals surface area contributed by atoms with Gasteiger partial charge in [-0.1, -0.05) is 12.1 Å². The van der Waals surface area contributed by atoms with E-state index in [2.05, 4.69) is 9.97 Å². The van der Waals surface area contributed by atoms with E-state index in [1.54, 1.807) is 36.7 Å². The molecule has 1 aromatic carbocycles. The van der Waals surface area contributed by atoms with Crippen LogP contribution in [-0.4, -0.2) is 20.2 Å². The van der Waals surface area contributed by atoms with Gasteiger partial charge < -0.3 is 10.2 Å². The molecule has 0 aliphatic rings. The van der Waals surface area contributed by atoms with Gasteiger partial charge in [0.15, 0.2) is 5.82 Å². The normalized spacial score (nSPS) is 10.2. The Kier molecular flexibility index (Phi) is 2.60. The SMILES string of the molecule is OCc1cccc(O)c1-c1ncccn1. The average molecular weight is 202 g/mol. The lowest BCUT2D eigenvalue weighted by Crippen LogP contribution is -1.94. The van der Waals surface area contributed by atoms with Crippen molar-refractivity contribution in [2.24, 2.45) is 0 Å². The number of aromatic nitrogens is 2. The van der Waals surface area contributed by atoms with Gasteiger partial charge in [-0.3, -0.25) is 0 Å². The highest BCUT2D eigenvalue weighted by Gasteiger charge is 2.11. The fraction of sp³-hybridized carbons (Fsp3) is 0.0909. The molecule has 15 heavy (non-hydrogen) atoms. The number of hydrogen-bond donors (Lipinski definition) is 2. The molecule has 0 radical (unpaired) electrons. The van der Waals surface area contributed by atoms with Gasteiger partial charge in [-0.2, -0.15) is 0 Å². The van der Waals surface area contributed by atoms with Gasteiger partial charge in [0.2, 0.25) is 0 Å². The Labute approximate surface area is 86.9 Å². The molecule has 1 aromatic heterocycles. The molecular formula is C11H10N2O2. The summed E-state index contributed by atoms with van der Waals surface area (Å²) < 4.78 is 0. The first-order valence-electron chi connectivity index (χ1n) is 4.52. The zero-order valence-electron chi connectivity index (χ0n) is 7.96. The Hall–Kier alpha value is -1.94. The molecule has 2 N–H and O–H groups in total. The number of aromatic hydroxyl groups is 1. The molecule has 0 fully saturated rings. The first-order valence-corrected chi connectivity index (χ1v) is 4.52. The van der Waals surface area contributed by atoms with E-state index in [4.69, 9.17) is 5.11 Å². The number of rotatable bonds is 2. The quantitative estimate of drug-likeness (QED) is 0.771. The summed E-state index contributed by atoms with van der Waals surface area (Å²) in [7, 11) is 0. The van der Waals surface area contributed by atoms with Gasteiger partial charge in [-0.25, -0.2) is 9.97 Å². The summed E-state index contributed by atoms with van der Waals surface area (Å²) in [5.74, 6) is 0.493. The second-order valence-electron chi connectivity index (χ2n) is 3.04. The largest absolute Gasteiger partial charge is 0.507 e. The first kappa shape index (κ1) is 9.61. The third-order valence-corrected chi connectivity index (χ3v) is 2.09. The molecule has 0 unspecified atom stereocenters. The van der Waals surface area contributed by atoms with Crippen LogP contribution < -0.4 is 0 Å². The van der Waals surface area contributed by atoms with E-state index in [-0.39, 0.29) is 12.4 Å². The van der Waals surface area contributed by atoms with E-state index in [0.29, 0.717) is 17.0 Å². The lowest BCUT2D eigenvalue weighted by atomic mass is 10.1. The number of phenolic OH excluding ortho intramolecular Hbond substituents is 1. The molecule has 0 atom stereocenters. The highest BCUT2D eigenvalue weighted by molar-refractivity contribution is 5.67. The predicted molar refractivity (Wildman–Crippen MR) is 55.1 cm³/mol. The van der Waals surface area contributed by atoms with Crippen molar-refractivity contribution in [1.82, 2.24) is 9.97 Å². The van der Waals surface area contributed by atoms with Crippen molar-refractivity contribution in [2.45, 2.75) is 6.61 Å². The lowest BCUT2D eigenvalue weighted by molar-refractivity contribution is 0.281. The molecule has 2 rings (SSSR count). The van der Waals surface area contributed by atoms with Crippen LogP contribution in [-0.2, 0) is 6.61 Å². The Morgan fingerprint density at radius 2 is 1.80 bits per heavy atom. The van der Waals surface area contributed by atoms with E-state index in [9.17, 15) is 5.11 Å². The number of aliphatic hydroxyl groups is 1. The van der Waals surface area contributed by atoms with Crippen LogP contribution in [0, 0.1) is 0 Å². The molecule has 0 aliphatic carbocycles.